The topological polar surface area (TPSA) is 133 Å². The zero-order chi connectivity index (χ0) is 18.4. The van der Waals surface area contributed by atoms with Crippen LogP contribution >= 0.6 is 0 Å². The molecule has 8 nitrogen and oxygen atoms in total. The van der Waals surface area contributed by atoms with Crippen molar-refractivity contribution in [2.24, 2.45) is 16.5 Å². The van der Waals surface area contributed by atoms with Gasteiger partial charge in [0, 0.05) is 24.5 Å². The summed E-state index contributed by atoms with van der Waals surface area (Å²) < 4.78 is 0. The lowest BCUT2D eigenvalue weighted by Gasteiger charge is -2.19. The van der Waals surface area contributed by atoms with Gasteiger partial charge < -0.3 is 27.0 Å². The third-order valence-electron chi connectivity index (χ3n) is 4.37. The molecular formula is C17H27N7O. The molecule has 8 heteroatoms. The van der Waals surface area contributed by atoms with Crippen molar-refractivity contribution in [2.75, 3.05) is 20.1 Å². The maximum absolute atomic E-state index is 12.2. The van der Waals surface area contributed by atoms with Gasteiger partial charge >= 0.3 is 0 Å². The maximum atomic E-state index is 12.2. The lowest BCUT2D eigenvalue weighted by molar-refractivity contribution is -0.115. The number of nitrogens with zero attached hydrogens (tertiary/aromatic N) is 2. The first kappa shape index (κ1) is 19.0. The molecule has 0 saturated carbocycles. The van der Waals surface area contributed by atoms with E-state index in [0.717, 1.165) is 19.4 Å². The summed E-state index contributed by atoms with van der Waals surface area (Å²) in [6, 6.07) is 0.356. The summed E-state index contributed by atoms with van der Waals surface area (Å²) in [6.07, 6.45) is 8.45. The van der Waals surface area contributed by atoms with Gasteiger partial charge in [0.15, 0.2) is 5.84 Å². The van der Waals surface area contributed by atoms with Crippen molar-refractivity contribution in [3.05, 3.63) is 35.7 Å². The number of nitrogens with two attached hydrogens (primary N) is 2. The minimum atomic E-state index is -0.877. The molecule has 1 amide bonds. The van der Waals surface area contributed by atoms with Gasteiger partial charge in [-0.15, -0.1) is 0 Å². The van der Waals surface area contributed by atoms with Gasteiger partial charge in [-0.3, -0.25) is 10.2 Å². The van der Waals surface area contributed by atoms with E-state index in [0.29, 0.717) is 23.9 Å². The molecule has 0 radical (unpaired) electrons. The zero-order valence-corrected chi connectivity index (χ0v) is 14.7. The molecule has 1 unspecified atom stereocenters. The van der Waals surface area contributed by atoms with Crippen molar-refractivity contribution in [3.63, 3.8) is 0 Å². The van der Waals surface area contributed by atoms with Crippen LogP contribution in [0.3, 0.4) is 0 Å². The first-order valence-electron chi connectivity index (χ1n) is 8.38. The van der Waals surface area contributed by atoms with E-state index in [2.05, 4.69) is 27.6 Å². The number of likely N-dealkylation sites (tertiary alicyclic amines) is 1. The Kier molecular flexibility index (Phi) is 6.63. The lowest BCUT2D eigenvalue weighted by atomic mass is 10.1. The van der Waals surface area contributed by atoms with Crippen LogP contribution in [0.2, 0.25) is 0 Å². The smallest absolute Gasteiger partial charge is 0.265 e. The number of amides is 1. The third kappa shape index (κ3) is 5.09. The highest BCUT2D eigenvalue weighted by Gasteiger charge is 2.22. The van der Waals surface area contributed by atoms with Crippen molar-refractivity contribution in [1.29, 1.82) is 5.41 Å². The molecule has 1 fully saturated rings. The van der Waals surface area contributed by atoms with E-state index in [-0.39, 0.29) is 17.5 Å². The van der Waals surface area contributed by atoms with Gasteiger partial charge in [0.05, 0.1) is 11.7 Å². The molecule has 2 heterocycles. The molecule has 0 aromatic heterocycles. The molecule has 7 N–H and O–H groups in total. The zero-order valence-electron chi connectivity index (χ0n) is 14.7. The van der Waals surface area contributed by atoms with E-state index in [4.69, 9.17) is 16.9 Å². The Morgan fingerprint density at radius 3 is 2.84 bits per heavy atom. The normalized spacial score (nSPS) is 22.9. The predicted octanol–water partition coefficient (Wildman–Crippen LogP) is -0.194. The summed E-state index contributed by atoms with van der Waals surface area (Å²) in [5, 5.41) is 14.0. The Balaban J connectivity index is 2.03. The van der Waals surface area contributed by atoms with Gasteiger partial charge in [-0.1, -0.05) is 6.08 Å². The summed E-state index contributed by atoms with van der Waals surface area (Å²) in [4.78, 5) is 18.6. The Bertz CT molecular complexity index is 645. The fraction of sp³-hybridized carbons (Fsp3) is 0.471. The molecule has 136 valence electrons. The quantitative estimate of drug-likeness (QED) is 0.267. The minimum absolute atomic E-state index is 0.122. The molecule has 1 atom stereocenters. The fourth-order valence-electron chi connectivity index (χ4n) is 2.88. The first-order valence-corrected chi connectivity index (χ1v) is 8.38. The number of aliphatic imine (C=N–C) groups is 1. The van der Waals surface area contributed by atoms with Crippen LogP contribution < -0.4 is 22.1 Å². The van der Waals surface area contributed by atoms with Crippen LogP contribution in [-0.4, -0.2) is 54.7 Å². The van der Waals surface area contributed by atoms with Gasteiger partial charge in [-0.2, -0.15) is 0 Å². The number of dihydropyridines is 1. The van der Waals surface area contributed by atoms with Crippen LogP contribution in [-0.2, 0) is 4.79 Å². The predicted molar refractivity (Wildman–Crippen MR) is 100 cm³/mol. The molecule has 0 bridgehead atoms. The fourth-order valence-corrected chi connectivity index (χ4v) is 2.88. The van der Waals surface area contributed by atoms with Crippen LogP contribution in [0.4, 0.5) is 0 Å². The van der Waals surface area contributed by atoms with Crippen LogP contribution in [0.5, 0.6) is 0 Å². The van der Waals surface area contributed by atoms with E-state index < -0.39 is 6.17 Å². The lowest BCUT2D eigenvalue weighted by Crippen LogP contribution is -2.41. The molecule has 0 aromatic rings. The van der Waals surface area contributed by atoms with E-state index in [1.165, 1.54) is 0 Å². The Hall–Kier alpha value is -2.29. The number of carbonyl (C=O) groups is 1. The maximum Gasteiger partial charge on any atom is 0.265 e. The van der Waals surface area contributed by atoms with Crippen molar-refractivity contribution in [1.82, 2.24) is 15.5 Å². The molecule has 2 aliphatic heterocycles. The van der Waals surface area contributed by atoms with Crippen molar-refractivity contribution in [3.8, 4) is 0 Å². The second kappa shape index (κ2) is 8.70. The van der Waals surface area contributed by atoms with Crippen LogP contribution in [0.1, 0.15) is 19.8 Å². The summed E-state index contributed by atoms with van der Waals surface area (Å²) in [7, 11) is 2.06. The van der Waals surface area contributed by atoms with Gasteiger partial charge in [0.1, 0.15) is 5.71 Å². The molecule has 25 heavy (non-hydrogen) atoms. The molecule has 0 aliphatic carbocycles. The summed E-state index contributed by atoms with van der Waals surface area (Å²) in [6.45, 7) is 3.21. The number of hydrogen-bond donors (Lipinski definition) is 5. The van der Waals surface area contributed by atoms with Gasteiger partial charge in [-0.05, 0) is 45.5 Å². The summed E-state index contributed by atoms with van der Waals surface area (Å²) >= 11 is 0. The summed E-state index contributed by atoms with van der Waals surface area (Å²) in [5.41, 5.74) is 12.7. The van der Waals surface area contributed by atoms with E-state index in [1.807, 2.05) is 12.2 Å². The molecule has 0 aromatic carbocycles. The van der Waals surface area contributed by atoms with E-state index in [9.17, 15) is 4.79 Å². The number of likely N-dealkylation sites (N-methyl/N-ethyl adjacent to an activating group) is 1. The standard InChI is InChI=1S/C17H27N7O/c1-11(17(25)22-10-12-6-5-9-24(12)2)23-16(20)14(15(18)19)13-7-3-4-8-21-13/h3-4,7-8,12,15,20-21H,5-6,9-10,18-19H2,1-2H3,(H,22,25). The van der Waals surface area contributed by atoms with Crippen molar-refractivity contribution < 1.29 is 4.79 Å². The Morgan fingerprint density at radius 1 is 1.52 bits per heavy atom. The second-order valence-electron chi connectivity index (χ2n) is 6.25. The Labute approximate surface area is 148 Å². The number of rotatable bonds is 5. The average Bonchev–Trinajstić information content (AvgIpc) is 2.98. The van der Waals surface area contributed by atoms with Crippen LogP contribution in [0.25, 0.3) is 0 Å². The number of hydrogen-bond acceptors (Lipinski definition) is 6. The van der Waals surface area contributed by atoms with E-state index in [1.54, 1.807) is 19.2 Å². The summed E-state index contributed by atoms with van der Waals surface area (Å²) in [5.74, 6) is -0.407. The number of carbonyl (C=O) groups excluding carboxylic acids is 1. The number of amidine groups is 1. The minimum Gasteiger partial charge on any atom is -0.361 e. The largest absolute Gasteiger partial charge is 0.361 e. The average molecular weight is 345 g/mol. The van der Waals surface area contributed by atoms with Crippen molar-refractivity contribution >= 4 is 17.5 Å². The van der Waals surface area contributed by atoms with Crippen LogP contribution in [0.15, 0.2) is 40.7 Å². The van der Waals surface area contributed by atoms with Gasteiger partial charge in [0.2, 0.25) is 0 Å². The molecule has 2 rings (SSSR count). The van der Waals surface area contributed by atoms with Crippen LogP contribution in [0, 0.1) is 5.41 Å². The third-order valence-corrected chi connectivity index (χ3v) is 4.37. The highest BCUT2D eigenvalue weighted by Crippen LogP contribution is 2.13. The molecule has 1 saturated heterocycles. The first-order chi connectivity index (χ1) is 11.9. The molecule has 2 aliphatic rings. The van der Waals surface area contributed by atoms with Gasteiger partial charge in [0.25, 0.3) is 5.91 Å². The van der Waals surface area contributed by atoms with E-state index >= 15 is 0 Å². The number of nitrogens with one attached hydrogen (secondary N) is 3. The molecule has 0 spiro atoms. The number of allylic oxidation sites excluding steroid dienone is 3. The SMILES string of the molecule is CC(=NC(=N)C(=C1C=CC=CN1)C(N)N)C(=O)NCC1CCCN1C. The monoisotopic (exact) mass is 345 g/mol. The highest BCUT2D eigenvalue weighted by molar-refractivity contribution is 6.40. The molecular weight excluding hydrogens is 318 g/mol. The highest BCUT2D eigenvalue weighted by atomic mass is 16.1. The van der Waals surface area contributed by atoms with Crippen molar-refractivity contribution in [2.45, 2.75) is 32.0 Å². The second-order valence-corrected chi connectivity index (χ2v) is 6.25. The Morgan fingerprint density at radius 2 is 2.28 bits per heavy atom. The van der Waals surface area contributed by atoms with Gasteiger partial charge in [-0.25, -0.2) is 4.99 Å².